The molecule has 3 saturated heterocycles. The lowest BCUT2D eigenvalue weighted by Gasteiger charge is -2.51. The molecule has 0 aromatic rings. The third kappa shape index (κ3) is 5.83. The van der Waals surface area contributed by atoms with Gasteiger partial charge in [-0.25, -0.2) is 0 Å². The Bertz CT molecular complexity index is 1140. The minimum absolute atomic E-state index is 0.0404. The Balaban J connectivity index is 1.53. The number of rotatable bonds is 2. The average molecular weight is 587 g/mol. The first-order valence-corrected chi connectivity index (χ1v) is 15.9. The lowest BCUT2D eigenvalue weighted by Crippen LogP contribution is -2.58. The van der Waals surface area contributed by atoms with Crippen molar-refractivity contribution < 1.29 is 39.1 Å². The van der Waals surface area contributed by atoms with Crippen LogP contribution in [-0.2, 0) is 23.7 Å². The highest BCUT2D eigenvalue weighted by atomic mass is 16.7. The van der Waals surface area contributed by atoms with Gasteiger partial charge in [0.1, 0.15) is 29.8 Å². The number of aliphatic hydroxyl groups excluding tert-OH is 2. The molecule has 3 fully saturated rings. The Morgan fingerprint density at radius 1 is 1.10 bits per heavy atom. The van der Waals surface area contributed by atoms with Gasteiger partial charge >= 0.3 is 5.97 Å². The van der Waals surface area contributed by atoms with E-state index in [9.17, 15) is 20.1 Å². The molecule has 3 N–H and O–H groups in total. The van der Waals surface area contributed by atoms with Gasteiger partial charge in [-0.2, -0.15) is 0 Å². The van der Waals surface area contributed by atoms with Gasteiger partial charge in [-0.05, 0) is 55.2 Å². The largest absolute Gasteiger partial charge is 0.462 e. The Labute approximate surface area is 250 Å². The van der Waals surface area contributed by atoms with Crippen LogP contribution >= 0.6 is 0 Å². The summed E-state index contributed by atoms with van der Waals surface area (Å²) in [5.74, 6) is -1.88. The minimum atomic E-state index is -1.75. The van der Waals surface area contributed by atoms with E-state index < -0.39 is 47.7 Å². The number of hydrogen-bond donors (Lipinski definition) is 3. The second kappa shape index (κ2) is 12.3. The minimum Gasteiger partial charge on any atom is -0.462 e. The monoisotopic (exact) mass is 586 g/mol. The van der Waals surface area contributed by atoms with Crippen LogP contribution in [0, 0.1) is 23.7 Å². The maximum atomic E-state index is 14.0. The van der Waals surface area contributed by atoms with E-state index in [4.69, 9.17) is 18.9 Å². The van der Waals surface area contributed by atoms with Gasteiger partial charge in [0.2, 0.25) is 0 Å². The Morgan fingerprint density at radius 2 is 1.86 bits per heavy atom. The van der Waals surface area contributed by atoms with Crippen LogP contribution in [0.15, 0.2) is 47.1 Å². The first kappa shape index (κ1) is 31.6. The topological polar surface area (TPSA) is 115 Å². The molecule has 234 valence electrons. The molecule has 4 heterocycles. The number of hydrogen-bond acceptors (Lipinski definition) is 8. The Hall–Kier alpha value is -1.81. The summed E-state index contributed by atoms with van der Waals surface area (Å²) >= 11 is 0. The molecule has 4 aliphatic heterocycles. The van der Waals surface area contributed by atoms with Gasteiger partial charge in [0, 0.05) is 25.2 Å². The second-order valence-electron chi connectivity index (χ2n) is 13.6. The highest BCUT2D eigenvalue weighted by molar-refractivity contribution is 5.78. The van der Waals surface area contributed by atoms with Crippen LogP contribution in [0.4, 0.5) is 0 Å². The lowest BCUT2D eigenvalue weighted by molar-refractivity contribution is -0.340. The molecule has 12 atom stereocenters. The molecular weight excluding hydrogens is 536 g/mol. The van der Waals surface area contributed by atoms with Gasteiger partial charge < -0.3 is 34.3 Å². The highest BCUT2D eigenvalue weighted by Crippen LogP contribution is 2.47. The number of fused-ring (bicyclic) bond motifs is 2. The second-order valence-corrected chi connectivity index (χ2v) is 13.6. The molecule has 8 nitrogen and oxygen atoms in total. The van der Waals surface area contributed by atoms with Crippen molar-refractivity contribution in [3.63, 3.8) is 0 Å². The molecule has 1 spiro atoms. The molecule has 2 bridgehead atoms. The summed E-state index contributed by atoms with van der Waals surface area (Å²) in [6.45, 7) is 12.3. The van der Waals surface area contributed by atoms with E-state index in [2.05, 4.69) is 20.8 Å². The van der Waals surface area contributed by atoms with Crippen molar-refractivity contribution >= 4 is 5.97 Å². The van der Waals surface area contributed by atoms with Crippen molar-refractivity contribution in [1.29, 1.82) is 0 Å². The summed E-state index contributed by atoms with van der Waals surface area (Å²) in [7, 11) is 0. The van der Waals surface area contributed by atoms with Crippen LogP contribution in [0.25, 0.3) is 0 Å². The van der Waals surface area contributed by atoms with Gasteiger partial charge in [-0.15, -0.1) is 0 Å². The molecule has 0 unspecified atom stereocenters. The van der Waals surface area contributed by atoms with Crippen LogP contribution in [0.2, 0.25) is 0 Å². The van der Waals surface area contributed by atoms with Gasteiger partial charge in [0.25, 0.3) is 0 Å². The number of carbonyl (C=O) groups excluding carboxylic acids is 1. The number of aliphatic hydroxyl groups is 3. The fourth-order valence-electron chi connectivity index (χ4n) is 7.55. The van der Waals surface area contributed by atoms with Gasteiger partial charge in [0.05, 0.1) is 24.9 Å². The van der Waals surface area contributed by atoms with E-state index in [1.807, 2.05) is 26.0 Å². The molecule has 8 heteroatoms. The van der Waals surface area contributed by atoms with Gasteiger partial charge in [0.15, 0.2) is 5.79 Å². The van der Waals surface area contributed by atoms with Crippen LogP contribution in [-0.4, -0.2) is 75.9 Å². The van der Waals surface area contributed by atoms with E-state index in [1.165, 1.54) is 0 Å². The van der Waals surface area contributed by atoms with E-state index in [0.717, 1.165) is 18.4 Å². The van der Waals surface area contributed by atoms with Crippen molar-refractivity contribution in [3.05, 3.63) is 47.1 Å². The summed E-state index contributed by atoms with van der Waals surface area (Å²) in [6.07, 6.45) is 9.73. The van der Waals surface area contributed by atoms with E-state index in [0.29, 0.717) is 48.7 Å². The maximum absolute atomic E-state index is 14.0. The average Bonchev–Trinajstić information content (AvgIpc) is 3.30. The van der Waals surface area contributed by atoms with Crippen LogP contribution in [0.3, 0.4) is 0 Å². The van der Waals surface area contributed by atoms with E-state index in [1.54, 1.807) is 25.2 Å². The molecule has 0 aromatic heterocycles. The zero-order valence-corrected chi connectivity index (χ0v) is 26.0. The summed E-state index contributed by atoms with van der Waals surface area (Å²) in [4.78, 5) is 14.0. The quantitative estimate of drug-likeness (QED) is 0.320. The SMILES string of the molecule is CC[C@H](C)[C@H]1O[C@]2(CC[C@@H]1C)C[C@@H]1C[C@@H](CC=C(C)[C@@H](O)[C@@H](C)C=CC=C3CO[C@@H]4[C@H](O)C(C)=C[C@@H](C(=O)O1)[C@]34O)O2. The Morgan fingerprint density at radius 3 is 2.60 bits per heavy atom. The summed E-state index contributed by atoms with van der Waals surface area (Å²) in [5, 5.41) is 34.0. The lowest BCUT2D eigenvalue weighted by atomic mass is 9.71. The molecule has 42 heavy (non-hydrogen) atoms. The first-order chi connectivity index (χ1) is 19.9. The normalized spacial score (nSPS) is 45.4. The number of ether oxygens (including phenoxy) is 4. The van der Waals surface area contributed by atoms with Gasteiger partial charge in [-0.3, -0.25) is 4.79 Å². The maximum Gasteiger partial charge on any atom is 0.316 e. The molecular formula is C34H50O8. The fourth-order valence-corrected chi connectivity index (χ4v) is 7.55. The van der Waals surface area contributed by atoms with Crippen molar-refractivity contribution in [2.24, 2.45) is 23.7 Å². The van der Waals surface area contributed by atoms with Crippen LogP contribution in [0.1, 0.15) is 80.1 Å². The van der Waals surface area contributed by atoms with Crippen molar-refractivity contribution in [1.82, 2.24) is 0 Å². The van der Waals surface area contributed by atoms with Crippen molar-refractivity contribution in [2.45, 2.75) is 128 Å². The summed E-state index contributed by atoms with van der Waals surface area (Å²) in [5.41, 5.74) is 0.156. The number of esters is 1. The van der Waals surface area contributed by atoms with Crippen molar-refractivity contribution in [3.8, 4) is 0 Å². The predicted molar refractivity (Wildman–Crippen MR) is 158 cm³/mol. The molecule has 5 aliphatic rings. The van der Waals surface area contributed by atoms with Crippen LogP contribution < -0.4 is 0 Å². The zero-order chi connectivity index (χ0) is 30.4. The van der Waals surface area contributed by atoms with Gasteiger partial charge in [-0.1, -0.05) is 64.5 Å². The predicted octanol–water partition coefficient (Wildman–Crippen LogP) is 4.53. The number of allylic oxidation sites excluding steroid dienone is 2. The van der Waals surface area contributed by atoms with Crippen LogP contribution in [0.5, 0.6) is 0 Å². The third-order valence-electron chi connectivity index (χ3n) is 10.5. The third-order valence-corrected chi connectivity index (χ3v) is 10.5. The smallest absolute Gasteiger partial charge is 0.316 e. The summed E-state index contributed by atoms with van der Waals surface area (Å²) in [6, 6.07) is 0. The molecule has 0 aromatic carbocycles. The highest BCUT2D eigenvalue weighted by Gasteiger charge is 2.60. The zero-order valence-electron chi connectivity index (χ0n) is 26.0. The number of carbonyl (C=O) groups is 1. The molecule has 0 radical (unpaired) electrons. The Kier molecular flexibility index (Phi) is 9.25. The summed E-state index contributed by atoms with van der Waals surface area (Å²) < 4.78 is 25.7. The standard InChI is InChI=1S/C34H50O8/c1-7-19(2)30-22(5)13-14-33(42-30)17-26-16-25(41-33)12-11-21(4)28(35)20(3)9-8-10-24-18-39-31-29(36)23(6)15-27(32(37)40-26)34(24,31)38/h8-11,15,19-20,22,25-31,35-36,38H,7,12-14,16-18H2,1-6H3/t19-,20-,22-,25+,26-,27-,28-,29+,30+,31+,33+,34+/m0/s1. The molecule has 0 amide bonds. The first-order valence-electron chi connectivity index (χ1n) is 15.9. The van der Waals surface area contributed by atoms with Crippen molar-refractivity contribution in [2.75, 3.05) is 6.61 Å². The molecule has 0 saturated carbocycles. The molecule has 5 rings (SSSR count). The van der Waals surface area contributed by atoms with E-state index in [-0.39, 0.29) is 24.7 Å². The molecule has 1 aliphatic carbocycles. The van der Waals surface area contributed by atoms with E-state index >= 15 is 0 Å². The fraction of sp³-hybridized carbons (Fsp3) is 0.735.